The van der Waals surface area contributed by atoms with E-state index >= 15 is 0 Å². The lowest BCUT2D eigenvalue weighted by Gasteiger charge is -2.23. The van der Waals surface area contributed by atoms with Gasteiger partial charge >= 0.3 is 0 Å². The van der Waals surface area contributed by atoms with Crippen molar-refractivity contribution in [3.8, 4) is 0 Å². The predicted octanol–water partition coefficient (Wildman–Crippen LogP) is 3.34. The third-order valence-corrected chi connectivity index (χ3v) is 4.04. The van der Waals surface area contributed by atoms with E-state index in [4.69, 9.17) is 0 Å². The summed E-state index contributed by atoms with van der Waals surface area (Å²) in [7, 11) is 2.19. The summed E-state index contributed by atoms with van der Waals surface area (Å²) in [6.45, 7) is 4.50. The molecule has 1 heterocycles. The number of hydrogen-bond donors (Lipinski definition) is 1. The zero-order valence-corrected chi connectivity index (χ0v) is 12.3. The van der Waals surface area contributed by atoms with E-state index < -0.39 is 0 Å². The summed E-state index contributed by atoms with van der Waals surface area (Å²) in [5.74, 6) is 0. The van der Waals surface area contributed by atoms with Crippen molar-refractivity contribution in [1.82, 2.24) is 5.32 Å². The molecule has 0 radical (unpaired) electrons. The highest BCUT2D eigenvalue weighted by Crippen LogP contribution is 2.23. The second-order valence-electron chi connectivity index (χ2n) is 4.93. The van der Waals surface area contributed by atoms with Crippen LogP contribution in [0.2, 0.25) is 0 Å². The van der Waals surface area contributed by atoms with Gasteiger partial charge in [0.05, 0.1) is 0 Å². The summed E-state index contributed by atoms with van der Waals surface area (Å²) in [5.41, 5.74) is 2.67. The zero-order chi connectivity index (χ0) is 12.3. The van der Waals surface area contributed by atoms with Crippen molar-refractivity contribution in [3.63, 3.8) is 0 Å². The van der Waals surface area contributed by atoms with Gasteiger partial charge in [-0.3, -0.25) is 0 Å². The molecule has 94 valence electrons. The fraction of sp³-hybridized carbons (Fsp3) is 0.571. The largest absolute Gasteiger partial charge is 0.374 e. The number of aryl methyl sites for hydroxylation is 1. The Balaban J connectivity index is 1.91. The van der Waals surface area contributed by atoms with Crippen molar-refractivity contribution >= 4 is 21.6 Å². The fourth-order valence-corrected chi connectivity index (χ4v) is 3.00. The molecule has 0 spiro atoms. The molecule has 1 atom stereocenters. The third-order valence-electron chi connectivity index (χ3n) is 3.55. The standard InChI is InChI=1S/C14H21BrN2/c1-11-10-12(15)5-6-14(11)17(2)9-7-13-4-3-8-16-13/h5-6,10,13,16H,3-4,7-9H2,1-2H3. The third kappa shape index (κ3) is 3.46. The highest BCUT2D eigenvalue weighted by molar-refractivity contribution is 9.10. The van der Waals surface area contributed by atoms with Gasteiger partial charge in [0, 0.05) is 29.8 Å². The lowest BCUT2D eigenvalue weighted by Crippen LogP contribution is -2.28. The van der Waals surface area contributed by atoms with Crippen LogP contribution in [-0.4, -0.2) is 26.2 Å². The van der Waals surface area contributed by atoms with Crippen molar-refractivity contribution < 1.29 is 0 Å². The first-order valence-electron chi connectivity index (χ1n) is 6.37. The van der Waals surface area contributed by atoms with Crippen molar-refractivity contribution in [2.75, 3.05) is 25.0 Å². The van der Waals surface area contributed by atoms with E-state index in [2.05, 4.69) is 58.3 Å². The molecular weight excluding hydrogens is 276 g/mol. The van der Waals surface area contributed by atoms with Gasteiger partial charge in [0.25, 0.3) is 0 Å². The van der Waals surface area contributed by atoms with Gasteiger partial charge in [0.1, 0.15) is 0 Å². The molecule has 1 saturated heterocycles. The summed E-state index contributed by atoms with van der Waals surface area (Å²) in [4.78, 5) is 2.36. The van der Waals surface area contributed by atoms with E-state index in [0.29, 0.717) is 0 Å². The van der Waals surface area contributed by atoms with Crippen LogP contribution in [0.1, 0.15) is 24.8 Å². The highest BCUT2D eigenvalue weighted by Gasteiger charge is 2.14. The maximum Gasteiger partial charge on any atom is 0.0394 e. The average Bonchev–Trinajstić information content (AvgIpc) is 2.78. The molecule has 0 aliphatic carbocycles. The smallest absolute Gasteiger partial charge is 0.0394 e. The molecule has 1 unspecified atom stereocenters. The molecule has 1 aliphatic heterocycles. The maximum atomic E-state index is 3.55. The highest BCUT2D eigenvalue weighted by atomic mass is 79.9. The van der Waals surface area contributed by atoms with Gasteiger partial charge in [0.2, 0.25) is 0 Å². The van der Waals surface area contributed by atoms with E-state index in [0.717, 1.165) is 17.1 Å². The molecule has 17 heavy (non-hydrogen) atoms. The zero-order valence-electron chi connectivity index (χ0n) is 10.7. The molecule has 1 N–H and O–H groups in total. The molecule has 3 heteroatoms. The van der Waals surface area contributed by atoms with Crippen molar-refractivity contribution in [2.24, 2.45) is 0 Å². The minimum absolute atomic E-state index is 0.730. The van der Waals surface area contributed by atoms with Gasteiger partial charge in [-0.1, -0.05) is 15.9 Å². The van der Waals surface area contributed by atoms with Crippen molar-refractivity contribution in [2.45, 2.75) is 32.2 Å². The summed E-state index contributed by atoms with van der Waals surface area (Å²) < 4.78 is 1.16. The Bertz CT molecular complexity index is 372. The summed E-state index contributed by atoms with van der Waals surface area (Å²) in [6.07, 6.45) is 3.92. The number of rotatable bonds is 4. The first-order chi connectivity index (χ1) is 8.16. The normalized spacial score (nSPS) is 19.6. The van der Waals surface area contributed by atoms with Crippen molar-refractivity contribution in [1.29, 1.82) is 0 Å². The molecule has 0 aromatic heterocycles. The number of anilines is 1. The van der Waals surface area contributed by atoms with Crippen LogP contribution in [0.25, 0.3) is 0 Å². The van der Waals surface area contributed by atoms with Crippen LogP contribution in [0.3, 0.4) is 0 Å². The quantitative estimate of drug-likeness (QED) is 0.917. The number of hydrogen-bond acceptors (Lipinski definition) is 2. The fourth-order valence-electron chi connectivity index (χ4n) is 2.52. The second-order valence-corrected chi connectivity index (χ2v) is 5.85. The van der Waals surface area contributed by atoms with Gasteiger partial charge < -0.3 is 10.2 Å². The van der Waals surface area contributed by atoms with Gasteiger partial charge in [-0.05, 0) is 56.5 Å². The predicted molar refractivity (Wildman–Crippen MR) is 77.8 cm³/mol. The van der Waals surface area contributed by atoms with Crippen LogP contribution >= 0.6 is 15.9 Å². The van der Waals surface area contributed by atoms with E-state index in [9.17, 15) is 0 Å². The van der Waals surface area contributed by atoms with Gasteiger partial charge in [0.15, 0.2) is 0 Å². The molecule has 1 aromatic rings. The number of halogens is 1. The molecule has 1 fully saturated rings. The Hall–Kier alpha value is -0.540. The lowest BCUT2D eigenvalue weighted by atomic mass is 10.1. The van der Waals surface area contributed by atoms with E-state index in [1.165, 1.54) is 37.1 Å². The number of nitrogens with zero attached hydrogens (tertiary/aromatic N) is 1. The Morgan fingerprint density at radius 2 is 2.29 bits per heavy atom. The Morgan fingerprint density at radius 3 is 2.94 bits per heavy atom. The average molecular weight is 297 g/mol. The molecule has 0 amide bonds. The topological polar surface area (TPSA) is 15.3 Å². The lowest BCUT2D eigenvalue weighted by molar-refractivity contribution is 0.559. The van der Waals surface area contributed by atoms with Crippen LogP contribution in [0.4, 0.5) is 5.69 Å². The number of nitrogens with one attached hydrogen (secondary N) is 1. The van der Waals surface area contributed by atoms with Crippen LogP contribution in [0, 0.1) is 6.92 Å². The molecular formula is C14H21BrN2. The molecule has 0 bridgehead atoms. The van der Waals surface area contributed by atoms with E-state index in [1.54, 1.807) is 0 Å². The van der Waals surface area contributed by atoms with Crippen LogP contribution in [0.5, 0.6) is 0 Å². The summed E-state index contributed by atoms with van der Waals surface area (Å²) in [6, 6.07) is 7.22. The van der Waals surface area contributed by atoms with Crippen LogP contribution in [0.15, 0.2) is 22.7 Å². The molecule has 0 saturated carbocycles. The van der Waals surface area contributed by atoms with E-state index in [-0.39, 0.29) is 0 Å². The maximum absolute atomic E-state index is 3.55. The first kappa shape index (κ1) is 12.9. The Morgan fingerprint density at radius 1 is 1.47 bits per heavy atom. The van der Waals surface area contributed by atoms with Crippen LogP contribution < -0.4 is 10.2 Å². The van der Waals surface area contributed by atoms with E-state index in [1.807, 2.05) is 0 Å². The van der Waals surface area contributed by atoms with Crippen LogP contribution in [-0.2, 0) is 0 Å². The van der Waals surface area contributed by atoms with Gasteiger partial charge in [-0.2, -0.15) is 0 Å². The minimum atomic E-state index is 0.730. The summed E-state index contributed by atoms with van der Waals surface area (Å²) in [5, 5.41) is 3.55. The number of benzene rings is 1. The Kier molecular flexibility index (Phi) is 4.46. The molecule has 2 nitrogen and oxygen atoms in total. The van der Waals surface area contributed by atoms with Crippen molar-refractivity contribution in [3.05, 3.63) is 28.2 Å². The van der Waals surface area contributed by atoms with Gasteiger partial charge in [-0.25, -0.2) is 0 Å². The van der Waals surface area contributed by atoms with Gasteiger partial charge in [-0.15, -0.1) is 0 Å². The Labute approximate surface area is 113 Å². The second kappa shape index (κ2) is 5.87. The first-order valence-corrected chi connectivity index (χ1v) is 7.17. The molecule has 2 rings (SSSR count). The molecule has 1 aliphatic rings. The SMILES string of the molecule is Cc1cc(Br)ccc1N(C)CCC1CCCN1. The summed E-state index contributed by atoms with van der Waals surface area (Å²) >= 11 is 3.51. The monoisotopic (exact) mass is 296 g/mol. The molecule has 1 aromatic carbocycles. The minimum Gasteiger partial charge on any atom is -0.374 e.